The summed E-state index contributed by atoms with van der Waals surface area (Å²) in [7, 11) is 1.80. The number of methoxy groups -OCH3 is 1. The monoisotopic (exact) mass is 515 g/mol. The number of nitrogens with one attached hydrogen (secondary N) is 2. The number of nitrogens with zero attached hydrogens (tertiary/aromatic N) is 3. The van der Waals surface area contributed by atoms with Gasteiger partial charge in [0.1, 0.15) is 6.04 Å². The number of aromatic amines is 1. The number of fused-ring (bicyclic) bond motifs is 1. The van der Waals surface area contributed by atoms with Gasteiger partial charge in [0.15, 0.2) is 0 Å². The van der Waals surface area contributed by atoms with Crippen LogP contribution in [0, 0.1) is 0 Å². The molecule has 0 aliphatic carbocycles. The van der Waals surface area contributed by atoms with Crippen molar-refractivity contribution in [2.45, 2.75) is 37.8 Å². The van der Waals surface area contributed by atoms with Gasteiger partial charge in [-0.15, -0.1) is 0 Å². The molecule has 37 heavy (non-hydrogen) atoms. The first-order valence-corrected chi connectivity index (χ1v) is 14.1. The van der Waals surface area contributed by atoms with E-state index in [1.54, 1.807) is 18.4 Å². The van der Waals surface area contributed by atoms with Gasteiger partial charge in [-0.2, -0.15) is 16.4 Å². The van der Waals surface area contributed by atoms with Crippen LogP contribution < -0.4 is 10.2 Å². The molecule has 1 amide bonds. The summed E-state index contributed by atoms with van der Waals surface area (Å²) in [5.74, 6) is 0.0197. The first-order valence-electron chi connectivity index (χ1n) is 13.1. The molecular formula is C29H33N5O2S. The van der Waals surface area contributed by atoms with E-state index in [0.29, 0.717) is 6.10 Å². The molecule has 7 nitrogen and oxygen atoms in total. The highest BCUT2D eigenvalue weighted by Gasteiger charge is 2.30. The van der Waals surface area contributed by atoms with Gasteiger partial charge >= 0.3 is 0 Å². The molecule has 6 rings (SSSR count). The molecule has 1 unspecified atom stereocenters. The number of amides is 1. The Balaban J connectivity index is 1.21. The van der Waals surface area contributed by atoms with Crippen molar-refractivity contribution in [3.8, 4) is 11.3 Å². The van der Waals surface area contributed by atoms with Crippen LogP contribution in [0.2, 0.25) is 0 Å². The molecule has 4 heterocycles. The second kappa shape index (κ2) is 10.7. The van der Waals surface area contributed by atoms with E-state index in [9.17, 15) is 4.79 Å². The number of anilines is 2. The number of likely N-dealkylation sites (tertiary alicyclic amines) is 1. The van der Waals surface area contributed by atoms with E-state index < -0.39 is 0 Å². The summed E-state index contributed by atoms with van der Waals surface area (Å²) < 4.78 is 5.51. The van der Waals surface area contributed by atoms with Gasteiger partial charge in [0.25, 0.3) is 0 Å². The molecular weight excluding hydrogens is 482 g/mol. The van der Waals surface area contributed by atoms with Crippen LogP contribution in [-0.4, -0.2) is 60.4 Å². The van der Waals surface area contributed by atoms with Crippen LogP contribution in [0.1, 0.15) is 37.3 Å². The smallest absolute Gasteiger partial charge is 0.246 e. The minimum atomic E-state index is -0.255. The number of hydrogen-bond donors (Lipinski definition) is 2. The average molecular weight is 516 g/mol. The van der Waals surface area contributed by atoms with Crippen molar-refractivity contribution in [2.24, 2.45) is 0 Å². The fraction of sp³-hybridized carbons (Fsp3) is 0.379. The van der Waals surface area contributed by atoms with Gasteiger partial charge in [0, 0.05) is 42.5 Å². The van der Waals surface area contributed by atoms with Gasteiger partial charge in [-0.25, -0.2) is 0 Å². The molecule has 0 bridgehead atoms. The van der Waals surface area contributed by atoms with Crippen molar-refractivity contribution in [3.63, 3.8) is 0 Å². The summed E-state index contributed by atoms with van der Waals surface area (Å²) in [6.45, 7) is 3.94. The van der Waals surface area contributed by atoms with Crippen molar-refractivity contribution < 1.29 is 9.53 Å². The Morgan fingerprint density at radius 3 is 2.57 bits per heavy atom. The third-order valence-corrected chi connectivity index (χ3v) is 8.43. The third-order valence-electron chi connectivity index (χ3n) is 7.72. The van der Waals surface area contributed by atoms with E-state index in [-0.39, 0.29) is 11.9 Å². The van der Waals surface area contributed by atoms with E-state index in [0.717, 1.165) is 85.3 Å². The lowest BCUT2D eigenvalue weighted by Gasteiger charge is -2.33. The van der Waals surface area contributed by atoms with E-state index in [2.05, 4.69) is 61.0 Å². The maximum absolute atomic E-state index is 13.5. The standard InChI is InChI=1S/C29H33N5O2S/c1-36-24-10-15-33(16-11-24)23-7-4-20(5-8-23)27-25-18-22(6-9-26(25)31-32-27)30-29(35)28(21-12-17-37-19-21)34-13-2-3-14-34/h4-9,12,17-19,24,28H,2-3,10-11,13-16H2,1H3,(H,30,35)(H,31,32). The highest BCUT2D eigenvalue weighted by atomic mass is 32.1. The van der Waals surface area contributed by atoms with Crippen molar-refractivity contribution in [1.82, 2.24) is 15.1 Å². The Kier molecular flexibility index (Phi) is 6.95. The highest BCUT2D eigenvalue weighted by molar-refractivity contribution is 7.08. The number of piperidine rings is 1. The fourth-order valence-corrected chi connectivity index (χ4v) is 6.34. The quantitative estimate of drug-likeness (QED) is 0.331. The number of carbonyl (C=O) groups excluding carboxylic acids is 1. The normalized spacial score (nSPS) is 17.9. The number of ether oxygens (including phenoxy) is 1. The zero-order valence-corrected chi connectivity index (χ0v) is 22.0. The van der Waals surface area contributed by atoms with Crippen LogP contribution in [0.25, 0.3) is 22.2 Å². The molecule has 8 heteroatoms. The second-order valence-corrected chi connectivity index (χ2v) is 10.8. The lowest BCUT2D eigenvalue weighted by atomic mass is 10.0. The number of H-pyrrole nitrogens is 1. The summed E-state index contributed by atoms with van der Waals surface area (Å²) in [6, 6.07) is 16.4. The van der Waals surface area contributed by atoms with Gasteiger partial charge < -0.3 is 15.0 Å². The van der Waals surface area contributed by atoms with Crippen LogP contribution in [0.5, 0.6) is 0 Å². The molecule has 2 aromatic carbocycles. The lowest BCUT2D eigenvalue weighted by molar-refractivity contribution is -0.121. The zero-order valence-electron chi connectivity index (χ0n) is 21.2. The Bertz CT molecular complexity index is 1340. The molecule has 0 radical (unpaired) electrons. The predicted octanol–water partition coefficient (Wildman–Crippen LogP) is 5.68. The number of rotatable bonds is 7. The van der Waals surface area contributed by atoms with Gasteiger partial charge in [0.2, 0.25) is 5.91 Å². The van der Waals surface area contributed by atoms with Crippen LogP contribution in [0.15, 0.2) is 59.3 Å². The first kappa shape index (κ1) is 24.2. The van der Waals surface area contributed by atoms with Crippen LogP contribution in [0.4, 0.5) is 11.4 Å². The van der Waals surface area contributed by atoms with Crippen molar-refractivity contribution in [1.29, 1.82) is 0 Å². The van der Waals surface area contributed by atoms with E-state index in [1.165, 1.54) is 5.69 Å². The van der Waals surface area contributed by atoms with Crippen molar-refractivity contribution >= 4 is 39.5 Å². The minimum Gasteiger partial charge on any atom is -0.381 e. The molecule has 2 aliphatic heterocycles. The largest absolute Gasteiger partial charge is 0.381 e. The molecule has 0 spiro atoms. The summed E-state index contributed by atoms with van der Waals surface area (Å²) in [5, 5.41) is 16.1. The van der Waals surface area contributed by atoms with Crippen LogP contribution in [0.3, 0.4) is 0 Å². The zero-order chi connectivity index (χ0) is 25.2. The molecule has 4 aromatic rings. The topological polar surface area (TPSA) is 73.5 Å². The summed E-state index contributed by atoms with van der Waals surface area (Å²) in [5.41, 5.74) is 5.99. The van der Waals surface area contributed by atoms with Crippen molar-refractivity contribution in [3.05, 3.63) is 64.9 Å². The number of hydrogen-bond acceptors (Lipinski definition) is 6. The molecule has 2 aliphatic rings. The SMILES string of the molecule is COC1CCN(c2ccc(-c3n[nH]c4ccc(NC(=O)C(c5ccsc5)N5CCCC5)cc34)cc2)CC1. The summed E-state index contributed by atoms with van der Waals surface area (Å²) in [4.78, 5) is 18.2. The Morgan fingerprint density at radius 2 is 1.86 bits per heavy atom. The summed E-state index contributed by atoms with van der Waals surface area (Å²) in [6.07, 6.45) is 4.77. The number of carbonyl (C=O) groups is 1. The van der Waals surface area contributed by atoms with E-state index in [4.69, 9.17) is 4.74 Å². The van der Waals surface area contributed by atoms with E-state index in [1.807, 2.05) is 23.6 Å². The van der Waals surface area contributed by atoms with Gasteiger partial charge in [-0.05, 0) is 91.5 Å². The molecule has 1 atom stereocenters. The maximum atomic E-state index is 13.5. The summed E-state index contributed by atoms with van der Waals surface area (Å²) >= 11 is 1.64. The Morgan fingerprint density at radius 1 is 1.08 bits per heavy atom. The molecule has 2 saturated heterocycles. The van der Waals surface area contributed by atoms with Gasteiger partial charge in [-0.3, -0.25) is 14.8 Å². The number of aromatic nitrogens is 2. The molecule has 0 saturated carbocycles. The van der Waals surface area contributed by atoms with Crippen LogP contribution >= 0.6 is 11.3 Å². The average Bonchev–Trinajstić information content (AvgIpc) is 3.72. The van der Waals surface area contributed by atoms with E-state index >= 15 is 0 Å². The Hall–Kier alpha value is -3.20. The highest BCUT2D eigenvalue weighted by Crippen LogP contribution is 2.32. The first-order chi connectivity index (χ1) is 18.2. The molecule has 2 fully saturated rings. The van der Waals surface area contributed by atoms with Gasteiger partial charge in [0.05, 0.1) is 17.3 Å². The molecule has 2 N–H and O–H groups in total. The minimum absolute atomic E-state index is 0.0197. The lowest BCUT2D eigenvalue weighted by Crippen LogP contribution is -2.36. The number of benzene rings is 2. The van der Waals surface area contributed by atoms with Crippen molar-refractivity contribution in [2.75, 3.05) is 43.5 Å². The maximum Gasteiger partial charge on any atom is 0.246 e. The van der Waals surface area contributed by atoms with Gasteiger partial charge in [-0.1, -0.05) is 12.1 Å². The fourth-order valence-electron chi connectivity index (χ4n) is 5.66. The van der Waals surface area contributed by atoms with Crippen LogP contribution in [-0.2, 0) is 9.53 Å². The number of thiophene rings is 1. The third kappa shape index (κ3) is 5.01. The molecule has 192 valence electrons. The Labute approximate surface area is 221 Å². The molecule has 2 aromatic heterocycles. The second-order valence-electron chi connectivity index (χ2n) is 9.99. The predicted molar refractivity (Wildman–Crippen MR) is 150 cm³/mol.